The number of nitrogens with one attached hydrogen (secondary N) is 1. The molecular weight excluding hydrogens is 313 g/mol. The number of halogens is 2. The molecule has 0 bridgehead atoms. The number of carbonyl (C=O) groups excluding carboxylic acids is 2. The average molecular weight is 322 g/mol. The fourth-order valence-electron chi connectivity index (χ4n) is 1.49. The zero-order valence-corrected chi connectivity index (χ0v) is 11.3. The van der Waals surface area contributed by atoms with Gasteiger partial charge in [-0.15, -0.1) is 0 Å². The van der Waals surface area contributed by atoms with Crippen molar-refractivity contribution in [3.8, 4) is 0 Å². The fourth-order valence-corrected chi connectivity index (χ4v) is 1.73. The number of rotatable bonds is 3. The molecule has 0 atom stereocenters. The Hall–Kier alpha value is -2.01. The van der Waals surface area contributed by atoms with Gasteiger partial charge in [0.1, 0.15) is 12.1 Å². The van der Waals surface area contributed by atoms with Gasteiger partial charge in [0, 0.05) is 16.8 Å². The highest BCUT2D eigenvalue weighted by Crippen LogP contribution is 2.17. The first-order valence-electron chi connectivity index (χ1n) is 5.42. The summed E-state index contributed by atoms with van der Waals surface area (Å²) < 4.78 is 13.6. The standard InChI is InChI=1S/C14H9BrFNO2/c15-12-6-3-10(7-13(12)16)14(19)17-11-4-1-9(8-18)2-5-11/h1-8H,(H,17,19). The number of amides is 1. The molecule has 2 aromatic carbocycles. The molecule has 2 aromatic rings. The molecule has 1 amide bonds. The molecule has 1 N–H and O–H groups in total. The van der Waals surface area contributed by atoms with Crippen LogP contribution in [0.2, 0.25) is 0 Å². The molecule has 0 aliphatic heterocycles. The van der Waals surface area contributed by atoms with Crippen LogP contribution in [0, 0.1) is 5.82 Å². The molecule has 0 spiro atoms. The molecule has 0 heterocycles. The van der Waals surface area contributed by atoms with Crippen LogP contribution < -0.4 is 5.32 Å². The maximum absolute atomic E-state index is 13.3. The molecule has 0 saturated heterocycles. The van der Waals surface area contributed by atoms with Gasteiger partial charge in [-0.25, -0.2) is 4.39 Å². The van der Waals surface area contributed by atoms with E-state index in [-0.39, 0.29) is 5.56 Å². The molecule has 5 heteroatoms. The molecule has 0 fully saturated rings. The van der Waals surface area contributed by atoms with Crippen LogP contribution in [0.3, 0.4) is 0 Å². The predicted molar refractivity (Wildman–Crippen MR) is 73.9 cm³/mol. The van der Waals surface area contributed by atoms with Gasteiger partial charge in [-0.3, -0.25) is 9.59 Å². The second kappa shape index (κ2) is 5.75. The molecule has 0 saturated carbocycles. The van der Waals surface area contributed by atoms with Gasteiger partial charge in [0.15, 0.2) is 0 Å². The van der Waals surface area contributed by atoms with Gasteiger partial charge in [-0.1, -0.05) is 0 Å². The van der Waals surface area contributed by atoms with Gasteiger partial charge in [-0.2, -0.15) is 0 Å². The minimum absolute atomic E-state index is 0.222. The van der Waals surface area contributed by atoms with Crippen LogP contribution in [0.25, 0.3) is 0 Å². The van der Waals surface area contributed by atoms with E-state index in [0.717, 1.165) is 12.4 Å². The van der Waals surface area contributed by atoms with Gasteiger partial charge in [-0.05, 0) is 58.4 Å². The van der Waals surface area contributed by atoms with Crippen LogP contribution in [-0.4, -0.2) is 12.2 Å². The highest BCUT2D eigenvalue weighted by atomic mass is 79.9. The van der Waals surface area contributed by atoms with E-state index in [1.165, 1.54) is 12.1 Å². The van der Waals surface area contributed by atoms with E-state index in [1.54, 1.807) is 24.3 Å². The van der Waals surface area contributed by atoms with Gasteiger partial charge in [0.2, 0.25) is 0 Å². The molecule has 96 valence electrons. The van der Waals surface area contributed by atoms with Crippen molar-refractivity contribution in [3.05, 3.63) is 63.9 Å². The number of carbonyl (C=O) groups is 2. The molecular formula is C14H9BrFNO2. The van der Waals surface area contributed by atoms with Gasteiger partial charge >= 0.3 is 0 Å². The summed E-state index contributed by atoms with van der Waals surface area (Å²) in [5, 5.41) is 2.62. The summed E-state index contributed by atoms with van der Waals surface area (Å²) in [5.74, 6) is -0.908. The third-order valence-corrected chi connectivity index (χ3v) is 3.13. The minimum atomic E-state index is -0.496. The SMILES string of the molecule is O=Cc1ccc(NC(=O)c2ccc(Br)c(F)c2)cc1. The van der Waals surface area contributed by atoms with Crippen LogP contribution in [-0.2, 0) is 0 Å². The second-order valence-corrected chi connectivity index (χ2v) is 4.68. The quantitative estimate of drug-likeness (QED) is 0.877. The first kappa shape index (κ1) is 13.4. The van der Waals surface area contributed by atoms with Crippen LogP contribution in [0.1, 0.15) is 20.7 Å². The lowest BCUT2D eigenvalue weighted by Crippen LogP contribution is -2.12. The molecule has 0 unspecified atom stereocenters. The summed E-state index contributed by atoms with van der Waals surface area (Å²) in [7, 11) is 0. The van der Waals surface area contributed by atoms with Crippen molar-refractivity contribution < 1.29 is 14.0 Å². The summed E-state index contributed by atoms with van der Waals surface area (Å²) in [4.78, 5) is 22.4. The van der Waals surface area contributed by atoms with Crippen LogP contribution in [0.5, 0.6) is 0 Å². The van der Waals surface area contributed by atoms with Gasteiger partial charge < -0.3 is 5.32 Å². The highest BCUT2D eigenvalue weighted by molar-refractivity contribution is 9.10. The first-order valence-corrected chi connectivity index (χ1v) is 6.21. The predicted octanol–water partition coefficient (Wildman–Crippen LogP) is 3.65. The summed E-state index contributed by atoms with van der Waals surface area (Å²) in [6, 6.07) is 10.5. The van der Waals surface area contributed by atoms with E-state index < -0.39 is 11.7 Å². The lowest BCUT2D eigenvalue weighted by molar-refractivity contribution is 0.102. The Kier molecular flexibility index (Phi) is 4.06. The average Bonchev–Trinajstić information content (AvgIpc) is 2.42. The molecule has 3 nitrogen and oxygen atoms in total. The van der Waals surface area contributed by atoms with E-state index in [4.69, 9.17) is 0 Å². The topological polar surface area (TPSA) is 46.2 Å². The molecule has 0 aromatic heterocycles. The monoisotopic (exact) mass is 321 g/mol. The van der Waals surface area contributed by atoms with E-state index >= 15 is 0 Å². The van der Waals surface area contributed by atoms with Crippen LogP contribution >= 0.6 is 15.9 Å². The van der Waals surface area contributed by atoms with E-state index in [9.17, 15) is 14.0 Å². The lowest BCUT2D eigenvalue weighted by Gasteiger charge is -2.06. The van der Waals surface area contributed by atoms with Crippen molar-refractivity contribution in [1.29, 1.82) is 0 Å². The Labute approximate surface area is 117 Å². The fraction of sp³-hybridized carbons (Fsp3) is 0. The van der Waals surface area contributed by atoms with Crippen molar-refractivity contribution in [2.24, 2.45) is 0 Å². The first-order chi connectivity index (χ1) is 9.10. The van der Waals surface area contributed by atoms with Gasteiger partial charge in [0.05, 0.1) is 4.47 Å². The Balaban J connectivity index is 2.15. The van der Waals surface area contributed by atoms with Crippen molar-refractivity contribution in [2.45, 2.75) is 0 Å². The van der Waals surface area contributed by atoms with Gasteiger partial charge in [0.25, 0.3) is 5.91 Å². The molecule has 0 radical (unpaired) electrons. The summed E-state index contributed by atoms with van der Waals surface area (Å²) in [6.45, 7) is 0. The van der Waals surface area contributed by atoms with E-state index in [1.807, 2.05) is 0 Å². The molecule has 0 aliphatic rings. The largest absolute Gasteiger partial charge is 0.322 e. The summed E-state index contributed by atoms with van der Waals surface area (Å²) in [5.41, 5.74) is 1.28. The smallest absolute Gasteiger partial charge is 0.255 e. The zero-order valence-electron chi connectivity index (χ0n) is 9.69. The van der Waals surface area contributed by atoms with Crippen molar-refractivity contribution in [2.75, 3.05) is 5.32 Å². The maximum Gasteiger partial charge on any atom is 0.255 e. The Morgan fingerprint density at radius 2 is 1.84 bits per heavy atom. The lowest BCUT2D eigenvalue weighted by atomic mass is 10.2. The number of hydrogen-bond acceptors (Lipinski definition) is 2. The Bertz CT molecular complexity index is 626. The van der Waals surface area contributed by atoms with E-state index in [0.29, 0.717) is 15.7 Å². The highest BCUT2D eigenvalue weighted by Gasteiger charge is 2.08. The number of anilines is 1. The Morgan fingerprint density at radius 3 is 2.42 bits per heavy atom. The van der Waals surface area contributed by atoms with Crippen molar-refractivity contribution in [3.63, 3.8) is 0 Å². The minimum Gasteiger partial charge on any atom is -0.322 e. The zero-order chi connectivity index (χ0) is 13.8. The number of benzene rings is 2. The summed E-state index contributed by atoms with van der Waals surface area (Å²) >= 11 is 3.02. The maximum atomic E-state index is 13.3. The van der Waals surface area contributed by atoms with E-state index in [2.05, 4.69) is 21.2 Å². The van der Waals surface area contributed by atoms with Crippen molar-refractivity contribution in [1.82, 2.24) is 0 Å². The summed E-state index contributed by atoms with van der Waals surface area (Å²) in [6.07, 6.45) is 0.718. The number of aldehydes is 1. The van der Waals surface area contributed by atoms with Crippen LogP contribution in [0.4, 0.5) is 10.1 Å². The third kappa shape index (κ3) is 3.26. The normalized spacial score (nSPS) is 10.0. The molecule has 19 heavy (non-hydrogen) atoms. The Morgan fingerprint density at radius 1 is 1.16 bits per heavy atom. The second-order valence-electron chi connectivity index (χ2n) is 3.82. The van der Waals surface area contributed by atoms with Crippen LogP contribution in [0.15, 0.2) is 46.9 Å². The third-order valence-electron chi connectivity index (χ3n) is 2.49. The molecule has 0 aliphatic carbocycles. The number of hydrogen-bond donors (Lipinski definition) is 1. The molecule has 2 rings (SSSR count). The van der Waals surface area contributed by atoms with Crippen molar-refractivity contribution >= 4 is 33.8 Å².